The number of aliphatic hydroxyl groups excluding tert-OH is 1. The van der Waals surface area contributed by atoms with Gasteiger partial charge in [-0.15, -0.1) is 0 Å². The van der Waals surface area contributed by atoms with Crippen LogP contribution in [0.1, 0.15) is 56.6 Å². The van der Waals surface area contributed by atoms with E-state index in [-0.39, 0.29) is 17.3 Å². The highest BCUT2D eigenvalue weighted by Gasteiger charge is 2.57. The van der Waals surface area contributed by atoms with Crippen molar-refractivity contribution in [3.05, 3.63) is 29.3 Å². The zero-order valence-electron chi connectivity index (χ0n) is 14.2. The fourth-order valence-electron chi connectivity index (χ4n) is 5.64. The normalized spacial score (nSPS) is 37.4. The molecule has 1 N–H and O–H groups in total. The predicted octanol–water partition coefficient (Wildman–Crippen LogP) is 3.01. The Morgan fingerprint density at radius 3 is 2.83 bits per heavy atom. The lowest BCUT2D eigenvalue weighted by molar-refractivity contribution is -0.133. The van der Waals surface area contributed by atoms with Gasteiger partial charge in [0, 0.05) is 24.7 Å². The molecule has 4 rings (SSSR count). The van der Waals surface area contributed by atoms with E-state index in [1.807, 2.05) is 18.2 Å². The van der Waals surface area contributed by atoms with E-state index in [1.165, 1.54) is 18.1 Å². The van der Waals surface area contributed by atoms with Crippen LogP contribution in [0.5, 0.6) is 5.75 Å². The first-order valence-electron chi connectivity index (χ1n) is 8.93. The van der Waals surface area contributed by atoms with Crippen LogP contribution in [-0.2, 0) is 16.0 Å². The third kappa shape index (κ3) is 2.23. The molecule has 0 amide bonds. The maximum atomic E-state index is 12.4. The van der Waals surface area contributed by atoms with Crippen molar-refractivity contribution >= 4 is 11.8 Å². The van der Waals surface area contributed by atoms with Gasteiger partial charge in [0.05, 0.1) is 6.10 Å². The molecule has 3 aliphatic rings. The van der Waals surface area contributed by atoms with Gasteiger partial charge in [0.2, 0.25) is 0 Å². The summed E-state index contributed by atoms with van der Waals surface area (Å²) < 4.78 is 5.20. The maximum absolute atomic E-state index is 12.4. The van der Waals surface area contributed by atoms with Gasteiger partial charge in [-0.1, -0.05) is 13.0 Å². The number of aryl methyl sites for hydroxylation is 1. The number of aliphatic hydroxyl groups is 1. The Morgan fingerprint density at radius 2 is 2.08 bits per heavy atom. The van der Waals surface area contributed by atoms with Gasteiger partial charge < -0.3 is 9.84 Å². The topological polar surface area (TPSA) is 63.6 Å². The van der Waals surface area contributed by atoms with Crippen molar-refractivity contribution in [2.24, 2.45) is 17.3 Å². The number of benzene rings is 1. The highest BCUT2D eigenvalue weighted by molar-refractivity contribution is 5.87. The molecule has 2 fully saturated rings. The van der Waals surface area contributed by atoms with E-state index in [0.717, 1.165) is 19.3 Å². The van der Waals surface area contributed by atoms with Crippen LogP contribution in [0.15, 0.2) is 18.2 Å². The van der Waals surface area contributed by atoms with E-state index in [4.69, 9.17) is 4.74 Å². The van der Waals surface area contributed by atoms with Gasteiger partial charge in [0.1, 0.15) is 11.5 Å². The van der Waals surface area contributed by atoms with Crippen LogP contribution in [-0.4, -0.2) is 23.0 Å². The van der Waals surface area contributed by atoms with Crippen molar-refractivity contribution in [2.75, 3.05) is 0 Å². The largest absolute Gasteiger partial charge is 0.427 e. The molecule has 2 saturated carbocycles. The number of carbonyl (C=O) groups is 2. The number of rotatable bonds is 1. The number of hydrogen-bond donors (Lipinski definition) is 1. The molecule has 0 aliphatic heterocycles. The van der Waals surface area contributed by atoms with E-state index in [9.17, 15) is 14.7 Å². The first-order chi connectivity index (χ1) is 11.4. The Hall–Kier alpha value is -1.68. The molecule has 1 aromatic carbocycles. The van der Waals surface area contributed by atoms with E-state index >= 15 is 0 Å². The molecule has 0 heterocycles. The number of esters is 1. The summed E-state index contributed by atoms with van der Waals surface area (Å²) in [6, 6.07) is 5.77. The summed E-state index contributed by atoms with van der Waals surface area (Å²) in [4.78, 5) is 23.5. The summed E-state index contributed by atoms with van der Waals surface area (Å²) in [6.45, 7) is 3.46. The molecule has 0 spiro atoms. The Labute approximate surface area is 142 Å². The number of ether oxygens (including phenoxy) is 1. The SMILES string of the molecule is CC(=O)Oc1ccc2c(c1)CC[C@@H]1[C@@H]2[C@@H](O)C[C@]2(C)C(=O)CC[C@@H]12. The number of Topliss-reactive ketones (excluding diaryl/α,β-unsaturated/α-hetero) is 1. The molecule has 0 unspecified atom stereocenters. The summed E-state index contributed by atoms with van der Waals surface area (Å²) >= 11 is 0. The molecule has 0 radical (unpaired) electrons. The van der Waals surface area contributed by atoms with Crippen LogP contribution in [0.2, 0.25) is 0 Å². The quantitative estimate of drug-likeness (QED) is 0.636. The maximum Gasteiger partial charge on any atom is 0.308 e. The van der Waals surface area contributed by atoms with E-state index < -0.39 is 6.10 Å². The van der Waals surface area contributed by atoms with E-state index in [2.05, 4.69) is 6.92 Å². The number of hydrogen-bond acceptors (Lipinski definition) is 4. The number of fused-ring (bicyclic) bond motifs is 5. The molecule has 24 heavy (non-hydrogen) atoms. The van der Waals surface area contributed by atoms with Gasteiger partial charge in [0.25, 0.3) is 0 Å². The van der Waals surface area contributed by atoms with Gasteiger partial charge in [0.15, 0.2) is 0 Å². The zero-order valence-corrected chi connectivity index (χ0v) is 14.2. The summed E-state index contributed by atoms with van der Waals surface area (Å²) in [5.41, 5.74) is 2.01. The minimum Gasteiger partial charge on any atom is -0.427 e. The third-order valence-corrected chi connectivity index (χ3v) is 6.65. The molecule has 4 heteroatoms. The zero-order chi connectivity index (χ0) is 17.1. The Morgan fingerprint density at radius 1 is 1.29 bits per heavy atom. The Kier molecular flexibility index (Phi) is 3.57. The standard InChI is InChI=1S/C20H24O4/c1-11(21)24-13-4-6-14-12(9-13)3-5-15-16-7-8-18(23)20(16,2)10-17(22)19(14)15/h4,6,9,15-17,19,22H,3,5,7-8,10H2,1-2H3/t15-,16-,17-,19+,20-/m0/s1. The lowest BCUT2D eigenvalue weighted by Crippen LogP contribution is -2.48. The van der Waals surface area contributed by atoms with Crippen LogP contribution in [0.3, 0.4) is 0 Å². The van der Waals surface area contributed by atoms with Crippen molar-refractivity contribution in [2.45, 2.75) is 58.0 Å². The average Bonchev–Trinajstić information content (AvgIpc) is 2.81. The first-order valence-corrected chi connectivity index (χ1v) is 8.93. The molecule has 0 aromatic heterocycles. The monoisotopic (exact) mass is 328 g/mol. The highest BCUT2D eigenvalue weighted by atomic mass is 16.5. The fourth-order valence-corrected chi connectivity index (χ4v) is 5.64. The molecule has 5 atom stereocenters. The molecule has 0 saturated heterocycles. The van der Waals surface area contributed by atoms with Gasteiger partial charge in [-0.3, -0.25) is 9.59 Å². The second-order valence-electron chi connectivity index (χ2n) is 7.94. The molecule has 1 aromatic rings. The molecule has 4 nitrogen and oxygen atoms in total. The van der Waals surface area contributed by atoms with Gasteiger partial charge in [-0.25, -0.2) is 0 Å². The molecule has 3 aliphatic carbocycles. The van der Waals surface area contributed by atoms with E-state index in [0.29, 0.717) is 36.2 Å². The Bertz CT molecular complexity index is 710. The highest BCUT2D eigenvalue weighted by Crippen LogP contribution is 2.59. The molecule has 128 valence electrons. The Balaban J connectivity index is 1.70. The molecular formula is C20H24O4. The summed E-state index contributed by atoms with van der Waals surface area (Å²) in [6.07, 6.45) is 3.63. The predicted molar refractivity (Wildman–Crippen MR) is 88.8 cm³/mol. The molecular weight excluding hydrogens is 304 g/mol. The van der Waals surface area contributed by atoms with Crippen molar-refractivity contribution < 1.29 is 19.4 Å². The van der Waals surface area contributed by atoms with Crippen LogP contribution in [0.4, 0.5) is 0 Å². The molecule has 0 bridgehead atoms. The smallest absolute Gasteiger partial charge is 0.308 e. The lowest BCUT2D eigenvalue weighted by atomic mass is 9.54. The minimum atomic E-state index is -0.475. The first kappa shape index (κ1) is 15.8. The number of ketones is 1. The van der Waals surface area contributed by atoms with Crippen molar-refractivity contribution in [3.63, 3.8) is 0 Å². The van der Waals surface area contributed by atoms with Crippen LogP contribution < -0.4 is 4.74 Å². The lowest BCUT2D eigenvalue weighted by Gasteiger charge is -2.50. The fraction of sp³-hybridized carbons (Fsp3) is 0.600. The summed E-state index contributed by atoms with van der Waals surface area (Å²) in [5.74, 6) is 1.45. The minimum absolute atomic E-state index is 0.101. The van der Waals surface area contributed by atoms with Crippen molar-refractivity contribution in [1.82, 2.24) is 0 Å². The van der Waals surface area contributed by atoms with Gasteiger partial charge >= 0.3 is 5.97 Å². The summed E-state index contributed by atoms with van der Waals surface area (Å²) in [7, 11) is 0. The third-order valence-electron chi connectivity index (χ3n) is 6.65. The second kappa shape index (κ2) is 5.41. The van der Waals surface area contributed by atoms with Crippen LogP contribution >= 0.6 is 0 Å². The van der Waals surface area contributed by atoms with Crippen molar-refractivity contribution in [3.8, 4) is 5.75 Å². The van der Waals surface area contributed by atoms with Crippen LogP contribution in [0.25, 0.3) is 0 Å². The second-order valence-corrected chi connectivity index (χ2v) is 7.94. The van der Waals surface area contributed by atoms with E-state index in [1.54, 1.807) is 0 Å². The summed E-state index contributed by atoms with van der Waals surface area (Å²) in [5, 5.41) is 10.9. The van der Waals surface area contributed by atoms with Gasteiger partial charge in [-0.2, -0.15) is 0 Å². The van der Waals surface area contributed by atoms with Crippen LogP contribution in [0, 0.1) is 17.3 Å². The number of carbonyl (C=O) groups excluding carboxylic acids is 2. The van der Waals surface area contributed by atoms with Crippen molar-refractivity contribution in [1.29, 1.82) is 0 Å². The van der Waals surface area contributed by atoms with Gasteiger partial charge in [-0.05, 0) is 60.8 Å². The average molecular weight is 328 g/mol.